The fourth-order valence-corrected chi connectivity index (χ4v) is 0.988. The van der Waals surface area contributed by atoms with Crippen LogP contribution in [-0.4, -0.2) is 11.0 Å². The fraction of sp³-hybridized carbons (Fsp3) is 0.100. The highest BCUT2D eigenvalue weighted by Crippen LogP contribution is 2.20. The third-order valence-corrected chi connectivity index (χ3v) is 1.68. The van der Waals surface area contributed by atoms with Gasteiger partial charge in [-0.1, -0.05) is 18.2 Å². The number of nitrogens with two attached hydrogens (primary N) is 2. The van der Waals surface area contributed by atoms with Crippen LogP contribution in [0.15, 0.2) is 24.3 Å². The van der Waals surface area contributed by atoms with Crippen LogP contribution in [0.5, 0.6) is 5.75 Å². The summed E-state index contributed by atoms with van der Waals surface area (Å²) in [6.45, 7) is 0. The number of amides is 1. The molecule has 1 amide bonds. The second-order valence-corrected chi connectivity index (χ2v) is 2.89. The molecular formula is C10H12N2O2. The molecule has 0 aliphatic carbocycles. The van der Waals surface area contributed by atoms with Crippen molar-refractivity contribution in [1.29, 1.82) is 0 Å². The monoisotopic (exact) mass is 192 g/mol. The van der Waals surface area contributed by atoms with Crippen LogP contribution >= 0.6 is 0 Å². The Morgan fingerprint density at radius 3 is 2.79 bits per heavy atom. The third kappa shape index (κ3) is 2.82. The maximum atomic E-state index is 10.4. The number of primary amides is 1. The Labute approximate surface area is 81.8 Å². The molecule has 0 saturated heterocycles. The first-order chi connectivity index (χ1) is 6.59. The maximum Gasteiger partial charge on any atom is 0.221 e. The number of rotatable bonds is 3. The number of hydrogen-bond donors (Lipinski definition) is 3. The standard InChI is InChI=1S/C10H12N2O2/c11-8-6-7(4-5-9(8)13)2-1-3-10(12)14/h1-2,4-6,13H,3,11H2,(H2,12,14). The van der Waals surface area contributed by atoms with Crippen molar-refractivity contribution < 1.29 is 9.90 Å². The number of phenolic OH excluding ortho intramolecular Hbond substituents is 1. The SMILES string of the molecule is NC(=O)CC=Cc1ccc(O)c(N)c1. The number of aromatic hydroxyl groups is 1. The number of phenols is 1. The van der Waals surface area contributed by atoms with Crippen LogP contribution in [0.4, 0.5) is 5.69 Å². The molecule has 0 saturated carbocycles. The quantitative estimate of drug-likeness (QED) is 0.490. The Kier molecular flexibility index (Phi) is 3.12. The van der Waals surface area contributed by atoms with E-state index in [9.17, 15) is 4.79 Å². The predicted molar refractivity (Wildman–Crippen MR) is 55.4 cm³/mol. The molecule has 4 nitrogen and oxygen atoms in total. The summed E-state index contributed by atoms with van der Waals surface area (Å²) in [7, 11) is 0. The van der Waals surface area contributed by atoms with Gasteiger partial charge in [0.2, 0.25) is 5.91 Å². The highest BCUT2D eigenvalue weighted by Gasteiger charge is 1.95. The number of nitrogen functional groups attached to an aromatic ring is 1. The Morgan fingerprint density at radius 2 is 2.21 bits per heavy atom. The van der Waals surface area contributed by atoms with Gasteiger partial charge < -0.3 is 16.6 Å². The Morgan fingerprint density at radius 1 is 1.50 bits per heavy atom. The van der Waals surface area contributed by atoms with E-state index < -0.39 is 0 Å². The van der Waals surface area contributed by atoms with Crippen molar-refractivity contribution in [3.05, 3.63) is 29.8 Å². The molecule has 0 heterocycles. The Hall–Kier alpha value is -1.97. The van der Waals surface area contributed by atoms with Gasteiger partial charge in [-0.25, -0.2) is 0 Å². The van der Waals surface area contributed by atoms with E-state index in [1.807, 2.05) is 0 Å². The first-order valence-corrected chi connectivity index (χ1v) is 4.13. The lowest BCUT2D eigenvalue weighted by Crippen LogP contribution is -2.07. The molecule has 0 aliphatic heterocycles. The zero-order valence-corrected chi connectivity index (χ0v) is 7.60. The minimum absolute atomic E-state index is 0.0528. The number of hydrogen-bond acceptors (Lipinski definition) is 3. The minimum atomic E-state index is -0.381. The summed E-state index contributed by atoms with van der Waals surface area (Å²) in [5, 5.41) is 9.13. The molecule has 0 unspecified atom stereocenters. The fourth-order valence-electron chi connectivity index (χ4n) is 0.988. The summed E-state index contributed by atoms with van der Waals surface area (Å²) in [5.74, 6) is -0.329. The molecule has 5 N–H and O–H groups in total. The molecule has 0 aromatic heterocycles. The van der Waals surface area contributed by atoms with Crippen LogP contribution in [0.2, 0.25) is 0 Å². The van der Waals surface area contributed by atoms with Gasteiger partial charge in [-0.05, 0) is 17.7 Å². The van der Waals surface area contributed by atoms with Gasteiger partial charge in [0.05, 0.1) is 5.69 Å². The van der Waals surface area contributed by atoms with Gasteiger partial charge in [0.1, 0.15) is 5.75 Å². The van der Waals surface area contributed by atoms with Crippen molar-refractivity contribution in [3.63, 3.8) is 0 Å². The summed E-state index contributed by atoms with van der Waals surface area (Å²) in [5.41, 5.74) is 11.6. The molecule has 1 rings (SSSR count). The van der Waals surface area contributed by atoms with E-state index >= 15 is 0 Å². The summed E-state index contributed by atoms with van der Waals surface area (Å²) >= 11 is 0. The third-order valence-electron chi connectivity index (χ3n) is 1.68. The maximum absolute atomic E-state index is 10.4. The van der Waals surface area contributed by atoms with Gasteiger partial charge in [0.25, 0.3) is 0 Å². The van der Waals surface area contributed by atoms with Crippen LogP contribution in [0.3, 0.4) is 0 Å². The summed E-state index contributed by atoms with van der Waals surface area (Å²) in [4.78, 5) is 10.4. The van der Waals surface area contributed by atoms with E-state index in [1.54, 1.807) is 24.3 Å². The molecule has 4 heteroatoms. The smallest absolute Gasteiger partial charge is 0.221 e. The first kappa shape index (κ1) is 10.1. The number of anilines is 1. The Bertz CT molecular complexity index is 372. The molecule has 0 spiro atoms. The van der Waals surface area contributed by atoms with Gasteiger partial charge in [-0.15, -0.1) is 0 Å². The van der Waals surface area contributed by atoms with Crippen molar-refractivity contribution in [1.82, 2.24) is 0 Å². The zero-order chi connectivity index (χ0) is 10.6. The van der Waals surface area contributed by atoms with E-state index in [1.165, 1.54) is 6.07 Å². The van der Waals surface area contributed by atoms with Crippen LogP contribution in [0.25, 0.3) is 6.08 Å². The van der Waals surface area contributed by atoms with E-state index in [-0.39, 0.29) is 18.1 Å². The second kappa shape index (κ2) is 4.32. The molecule has 14 heavy (non-hydrogen) atoms. The summed E-state index contributed by atoms with van der Waals surface area (Å²) in [6.07, 6.45) is 3.56. The van der Waals surface area contributed by atoms with E-state index in [2.05, 4.69) is 0 Å². The molecular weight excluding hydrogens is 180 g/mol. The summed E-state index contributed by atoms with van der Waals surface area (Å²) in [6, 6.07) is 4.81. The van der Waals surface area contributed by atoms with E-state index in [0.29, 0.717) is 5.69 Å². The van der Waals surface area contributed by atoms with Crippen molar-refractivity contribution >= 4 is 17.7 Å². The van der Waals surface area contributed by atoms with E-state index in [0.717, 1.165) is 5.56 Å². The van der Waals surface area contributed by atoms with E-state index in [4.69, 9.17) is 16.6 Å². The highest BCUT2D eigenvalue weighted by atomic mass is 16.3. The van der Waals surface area contributed by atoms with Crippen LogP contribution in [0.1, 0.15) is 12.0 Å². The second-order valence-electron chi connectivity index (χ2n) is 2.89. The molecule has 0 radical (unpaired) electrons. The van der Waals surface area contributed by atoms with Crippen molar-refractivity contribution in [2.75, 3.05) is 5.73 Å². The minimum Gasteiger partial charge on any atom is -0.506 e. The van der Waals surface area contributed by atoms with Gasteiger partial charge >= 0.3 is 0 Å². The number of benzene rings is 1. The topological polar surface area (TPSA) is 89.3 Å². The normalized spacial score (nSPS) is 10.6. The molecule has 74 valence electrons. The summed E-state index contributed by atoms with van der Waals surface area (Å²) < 4.78 is 0. The largest absolute Gasteiger partial charge is 0.506 e. The van der Waals surface area contributed by atoms with Crippen LogP contribution in [-0.2, 0) is 4.79 Å². The average molecular weight is 192 g/mol. The average Bonchev–Trinajstić information content (AvgIpc) is 2.10. The molecule has 0 atom stereocenters. The molecule has 0 bridgehead atoms. The van der Waals surface area contributed by atoms with Crippen LogP contribution < -0.4 is 11.5 Å². The molecule has 1 aromatic rings. The molecule has 1 aromatic carbocycles. The van der Waals surface area contributed by atoms with Gasteiger partial charge in [-0.3, -0.25) is 4.79 Å². The van der Waals surface area contributed by atoms with Gasteiger partial charge in [0.15, 0.2) is 0 Å². The first-order valence-electron chi connectivity index (χ1n) is 4.13. The highest BCUT2D eigenvalue weighted by molar-refractivity contribution is 5.76. The van der Waals surface area contributed by atoms with Gasteiger partial charge in [0, 0.05) is 6.42 Å². The van der Waals surface area contributed by atoms with Crippen molar-refractivity contribution in [3.8, 4) is 5.75 Å². The number of carbonyl (C=O) groups is 1. The predicted octanol–water partition coefficient (Wildman–Crippen LogP) is 0.863. The lowest BCUT2D eigenvalue weighted by Gasteiger charge is -1.99. The van der Waals surface area contributed by atoms with Crippen molar-refractivity contribution in [2.24, 2.45) is 5.73 Å². The zero-order valence-electron chi connectivity index (χ0n) is 7.60. The van der Waals surface area contributed by atoms with Crippen LogP contribution in [0, 0.1) is 0 Å². The molecule has 0 aliphatic rings. The number of carbonyl (C=O) groups excluding carboxylic acids is 1. The van der Waals surface area contributed by atoms with Crippen molar-refractivity contribution in [2.45, 2.75) is 6.42 Å². The lowest BCUT2D eigenvalue weighted by molar-refractivity contribution is -0.117. The molecule has 0 fully saturated rings. The van der Waals surface area contributed by atoms with Gasteiger partial charge in [-0.2, -0.15) is 0 Å². The Balaban J connectivity index is 2.73. The lowest BCUT2D eigenvalue weighted by atomic mass is 10.1.